The Bertz CT molecular complexity index is 482. The van der Waals surface area contributed by atoms with E-state index < -0.39 is 23.8 Å². The van der Waals surface area contributed by atoms with Crippen LogP contribution in [-0.2, 0) is 14.4 Å². The number of nitrogens with two attached hydrogens (primary N) is 1. The quantitative estimate of drug-likeness (QED) is 0.730. The van der Waals surface area contributed by atoms with E-state index in [4.69, 9.17) is 10.8 Å². The summed E-state index contributed by atoms with van der Waals surface area (Å²) in [6.45, 7) is 1.21. The summed E-state index contributed by atoms with van der Waals surface area (Å²) in [5, 5.41) is 10.8. The Labute approximate surface area is 110 Å². The number of rotatable bonds is 5. The molecule has 19 heavy (non-hydrogen) atoms. The molecule has 2 amide bonds. The third kappa shape index (κ3) is 5.67. The van der Waals surface area contributed by atoms with Crippen LogP contribution in [0, 0.1) is 0 Å². The highest BCUT2D eigenvalue weighted by molar-refractivity contribution is 5.83. The molecule has 4 N–H and O–H groups in total. The van der Waals surface area contributed by atoms with Crippen molar-refractivity contribution >= 4 is 17.8 Å². The summed E-state index contributed by atoms with van der Waals surface area (Å²) in [6.07, 6.45) is -0.0402. The molecule has 0 fully saturated rings. The predicted molar refractivity (Wildman–Crippen MR) is 69.1 cm³/mol. The van der Waals surface area contributed by atoms with Gasteiger partial charge in [-0.3, -0.25) is 9.59 Å². The van der Waals surface area contributed by atoms with E-state index in [0.29, 0.717) is 0 Å². The molecule has 0 heterocycles. The number of hydrogen-bond acceptors (Lipinski definition) is 3. The molecule has 1 atom stereocenters. The average Bonchev–Trinajstić information content (AvgIpc) is 2.91. The highest BCUT2D eigenvalue weighted by Gasteiger charge is 2.18. The summed E-state index contributed by atoms with van der Waals surface area (Å²) in [5.74, 6) is -2.20. The summed E-state index contributed by atoms with van der Waals surface area (Å²) in [7, 11) is 0. The Morgan fingerprint density at radius 2 is 1.89 bits per heavy atom. The molecule has 6 heteroatoms. The molecule has 6 nitrogen and oxygen atoms in total. The third-order valence-corrected chi connectivity index (χ3v) is 2.47. The topological polar surface area (TPSA) is 109 Å². The van der Waals surface area contributed by atoms with E-state index in [0.717, 1.165) is 0 Å². The first-order chi connectivity index (χ1) is 8.90. The lowest BCUT2D eigenvalue weighted by Crippen LogP contribution is -2.40. The summed E-state index contributed by atoms with van der Waals surface area (Å²) >= 11 is 0. The number of nitrogens with one attached hydrogen (secondary N) is 1. The predicted octanol–water partition coefficient (Wildman–Crippen LogP) is 0.508. The van der Waals surface area contributed by atoms with Crippen LogP contribution in [0.4, 0.5) is 0 Å². The molecular formula is C13H16N2O4. The van der Waals surface area contributed by atoms with Crippen molar-refractivity contribution in [2.24, 2.45) is 5.73 Å². The van der Waals surface area contributed by atoms with Crippen LogP contribution in [0.15, 0.2) is 24.3 Å². The number of fused-ring (bicyclic) bond motifs is 1. The Morgan fingerprint density at radius 3 is 2.16 bits per heavy atom. The number of carboxylic acids is 1. The number of primary amides is 1. The largest absolute Gasteiger partial charge is 0.480 e. The summed E-state index contributed by atoms with van der Waals surface area (Å²) in [5.41, 5.74) is 7.68. The number of aliphatic carboxylic acids is 1. The number of carboxylic acid groups (broad SMARTS) is 1. The first-order valence-corrected chi connectivity index (χ1v) is 5.79. The lowest BCUT2D eigenvalue weighted by molar-refractivity contribution is -0.141. The maximum atomic E-state index is 10.5. The molecule has 0 aromatic rings. The van der Waals surface area contributed by atoms with Gasteiger partial charge in [-0.25, -0.2) is 4.79 Å². The zero-order valence-corrected chi connectivity index (χ0v) is 10.6. The second-order valence-electron chi connectivity index (χ2n) is 4.18. The minimum absolute atomic E-state index is 0.0181. The summed E-state index contributed by atoms with van der Waals surface area (Å²) in [4.78, 5) is 31.3. The molecule has 0 spiro atoms. The fourth-order valence-electron chi connectivity index (χ4n) is 1.46. The first-order valence-electron chi connectivity index (χ1n) is 5.79. The van der Waals surface area contributed by atoms with Crippen LogP contribution in [-0.4, -0.2) is 28.9 Å². The molecule has 1 unspecified atom stereocenters. The van der Waals surface area contributed by atoms with Crippen LogP contribution >= 0.6 is 0 Å². The van der Waals surface area contributed by atoms with Gasteiger partial charge in [-0.1, -0.05) is 18.2 Å². The molecule has 0 aliphatic heterocycles. The van der Waals surface area contributed by atoms with Crippen LogP contribution in [0.2, 0.25) is 0 Å². The van der Waals surface area contributed by atoms with Crippen LogP contribution in [0.25, 0.3) is 11.1 Å². The van der Waals surface area contributed by atoms with E-state index in [1.165, 1.54) is 18.1 Å². The van der Waals surface area contributed by atoms with Crippen molar-refractivity contribution < 1.29 is 19.5 Å². The van der Waals surface area contributed by atoms with Crippen LogP contribution in [0.3, 0.4) is 0 Å². The highest BCUT2D eigenvalue weighted by Crippen LogP contribution is 2.32. The van der Waals surface area contributed by atoms with Crippen molar-refractivity contribution in [3.05, 3.63) is 24.3 Å². The standard InChI is InChI=1S/C7H12N2O4.C6H4/c1-4(10)9-5(7(12)13)2-3-6(8)11;1-2-5-4-6(5)3-1/h5H,2-3H2,1H3,(H2,8,11)(H,9,10)(H,12,13);1-4H. The summed E-state index contributed by atoms with van der Waals surface area (Å²) in [6, 6.07) is 7.44. The molecule has 0 bridgehead atoms. The minimum Gasteiger partial charge on any atom is -0.480 e. The van der Waals surface area contributed by atoms with E-state index >= 15 is 0 Å². The Balaban J connectivity index is 0.000000241. The number of carbonyl (C=O) groups excluding carboxylic acids is 2. The zero-order valence-electron chi connectivity index (χ0n) is 10.6. The molecular weight excluding hydrogens is 248 g/mol. The summed E-state index contributed by atoms with van der Waals surface area (Å²) < 4.78 is 0. The highest BCUT2D eigenvalue weighted by atomic mass is 16.4. The van der Waals surface area contributed by atoms with Crippen LogP contribution in [0.1, 0.15) is 19.8 Å². The average molecular weight is 264 g/mol. The Hall–Kier alpha value is -2.37. The van der Waals surface area contributed by atoms with Gasteiger partial charge in [0, 0.05) is 13.3 Å². The molecule has 2 aliphatic carbocycles. The van der Waals surface area contributed by atoms with Crippen LogP contribution in [0.5, 0.6) is 0 Å². The van der Waals surface area contributed by atoms with Gasteiger partial charge >= 0.3 is 5.97 Å². The van der Waals surface area contributed by atoms with Gasteiger partial charge < -0.3 is 16.2 Å². The van der Waals surface area contributed by atoms with Gasteiger partial charge in [-0.05, 0) is 23.6 Å². The lowest BCUT2D eigenvalue weighted by Gasteiger charge is -2.11. The molecule has 0 saturated carbocycles. The second kappa shape index (κ2) is 6.53. The van der Waals surface area contributed by atoms with Gasteiger partial charge in [0.15, 0.2) is 0 Å². The second-order valence-corrected chi connectivity index (χ2v) is 4.18. The van der Waals surface area contributed by atoms with Gasteiger partial charge in [0.2, 0.25) is 11.8 Å². The monoisotopic (exact) mass is 264 g/mol. The molecule has 0 aromatic heterocycles. The van der Waals surface area contributed by atoms with Crippen molar-refractivity contribution in [2.45, 2.75) is 25.8 Å². The van der Waals surface area contributed by atoms with Crippen molar-refractivity contribution in [1.82, 2.24) is 5.32 Å². The number of carbonyl (C=O) groups is 3. The first kappa shape index (κ1) is 14.7. The van der Waals surface area contributed by atoms with Crippen LogP contribution < -0.4 is 11.1 Å². The van der Waals surface area contributed by atoms with Gasteiger partial charge in [0.1, 0.15) is 6.04 Å². The maximum absolute atomic E-state index is 10.5. The van der Waals surface area contributed by atoms with Crippen molar-refractivity contribution in [1.29, 1.82) is 0 Å². The molecule has 0 aromatic carbocycles. The number of amides is 2. The van der Waals surface area contributed by atoms with E-state index in [-0.39, 0.29) is 12.8 Å². The SMILES string of the molecule is CC(=O)NC(CCC(N)=O)C(=O)O.c1cc2cc-2c1. The van der Waals surface area contributed by atoms with E-state index in [1.54, 1.807) is 0 Å². The number of hydrogen-bond donors (Lipinski definition) is 3. The molecule has 102 valence electrons. The minimum atomic E-state index is -1.17. The Kier molecular flexibility index (Phi) is 5.05. The van der Waals surface area contributed by atoms with Crippen molar-refractivity contribution in [2.75, 3.05) is 0 Å². The molecule has 0 radical (unpaired) electrons. The van der Waals surface area contributed by atoms with E-state index in [9.17, 15) is 14.4 Å². The van der Waals surface area contributed by atoms with E-state index in [2.05, 4.69) is 29.6 Å². The fourth-order valence-corrected chi connectivity index (χ4v) is 1.46. The van der Waals surface area contributed by atoms with E-state index in [1.807, 2.05) is 0 Å². The van der Waals surface area contributed by atoms with Crippen molar-refractivity contribution in [3.63, 3.8) is 0 Å². The normalized spacial score (nSPS) is 11.6. The zero-order chi connectivity index (χ0) is 14.4. The van der Waals surface area contributed by atoms with Crippen molar-refractivity contribution in [3.8, 4) is 11.1 Å². The van der Waals surface area contributed by atoms with Gasteiger partial charge in [0.05, 0.1) is 0 Å². The van der Waals surface area contributed by atoms with Gasteiger partial charge in [-0.15, -0.1) is 0 Å². The smallest absolute Gasteiger partial charge is 0.326 e. The Morgan fingerprint density at radius 1 is 1.32 bits per heavy atom. The molecule has 0 saturated heterocycles. The maximum Gasteiger partial charge on any atom is 0.326 e. The van der Waals surface area contributed by atoms with Gasteiger partial charge in [-0.2, -0.15) is 0 Å². The number of benzene rings is 1. The van der Waals surface area contributed by atoms with Gasteiger partial charge in [0.25, 0.3) is 0 Å². The lowest BCUT2D eigenvalue weighted by atomic mass is 10.1. The molecule has 2 rings (SSSR count). The fraction of sp³-hybridized carbons (Fsp3) is 0.308. The third-order valence-electron chi connectivity index (χ3n) is 2.47. The molecule has 2 aliphatic rings.